The molecule has 0 aliphatic carbocycles. The monoisotopic (exact) mass is 2010 g/mol. The molecule has 0 unspecified atom stereocenters. The Labute approximate surface area is 840 Å². The lowest BCUT2D eigenvalue weighted by Crippen LogP contribution is -1.89. The maximum atomic E-state index is 13.5. The van der Waals surface area contributed by atoms with Crippen molar-refractivity contribution >= 4 is 310 Å². The SMILES string of the molecule is CCCc1ccc2c(ccc3c2ccc2c4ccccc4n(C)c32)c1.CCc1ccc2c(ccc3c2ccc2c4ccccc4n(C)c32)c1.Cn1c2ccccc2c2ccc3c4ccc(Br)cc4ccc3c21.Cn1c2ccccc2c2ccc3c4ccc(Cl)cc4ccc3c21.Cn1c2ccccc2c2ccc3c4ccc(F)cc4ccc3c21.Cn1c2ccccc2c2ccc3c4ccc(I)cc4ccc3c21. The molecular formula is C131H96BrClFIN6. The second-order valence-corrected chi connectivity index (χ2v) is 40.5. The van der Waals surface area contributed by atoms with Crippen LogP contribution in [0.15, 0.2) is 405 Å². The Morgan fingerprint density at radius 3 is 0.766 bits per heavy atom. The van der Waals surface area contributed by atoms with Gasteiger partial charge in [0.05, 0.1) is 33.1 Å². The highest BCUT2D eigenvalue weighted by Crippen LogP contribution is 2.46. The standard InChI is InChI=1S/C24H21N.C23H19N.C21H14BrN.C21H14ClN.C21H14FN.C21H14IN/c1-3-6-16-9-11-18-17(15-16)10-12-21-19(18)13-14-22-20-7-4-5-8-23(20)25(2)24(21)22;1-3-15-8-10-17-16(14-15)9-11-20-18(17)12-13-21-19-6-4-5-7-22(19)24(2)23(20)21;4*1-23-20-5-3-2-4-17(20)19-11-10-16-15-9-7-14(22)12-13(15)6-8-18(16)21(19)23/h4-5,7-15H,3,6H2,1-2H3;4-14H,3H2,1-2H3;4*2-12H,1H3. The van der Waals surface area contributed by atoms with Crippen LogP contribution in [-0.4, -0.2) is 27.4 Å². The molecule has 0 fully saturated rings. The largest absolute Gasteiger partial charge is 0.343 e. The first kappa shape index (κ1) is 87.2. The number of aryl methyl sites for hydroxylation is 8. The van der Waals surface area contributed by atoms with Crippen molar-refractivity contribution in [2.45, 2.75) is 33.1 Å². The Morgan fingerprint density at radius 1 is 0.220 bits per heavy atom. The normalized spacial score (nSPS) is 11.9. The molecule has 6 aromatic heterocycles. The molecule has 0 saturated carbocycles. The molecule has 0 amide bonds. The summed E-state index contributed by atoms with van der Waals surface area (Å²) in [6.45, 7) is 4.45. The third kappa shape index (κ3) is 14.3. The van der Waals surface area contributed by atoms with Gasteiger partial charge in [0, 0.05) is 185 Å². The summed E-state index contributed by atoms with van der Waals surface area (Å²) in [6, 6.07) is 143. The fraction of sp³-hybridized carbons (Fsp3) is 0.0840. The molecule has 0 atom stereocenters. The first-order chi connectivity index (χ1) is 69.0. The van der Waals surface area contributed by atoms with E-state index in [9.17, 15) is 4.39 Å². The maximum Gasteiger partial charge on any atom is 0.123 e. The fourth-order valence-corrected chi connectivity index (χ4v) is 24.7. The second-order valence-electron chi connectivity index (χ2n) is 37.9. The molecule has 0 radical (unpaired) electrons. The van der Waals surface area contributed by atoms with Gasteiger partial charge >= 0.3 is 0 Å². The van der Waals surface area contributed by atoms with Gasteiger partial charge in [-0.1, -0.05) is 363 Å². The van der Waals surface area contributed by atoms with Crippen molar-refractivity contribution in [1.82, 2.24) is 27.4 Å². The zero-order valence-electron chi connectivity index (χ0n) is 79.4. The molecule has 6 heterocycles. The third-order valence-corrected chi connectivity index (χ3v) is 31.6. The van der Waals surface area contributed by atoms with Crippen molar-refractivity contribution in [3.8, 4) is 0 Å². The van der Waals surface area contributed by atoms with Gasteiger partial charge in [0.2, 0.25) is 0 Å². The van der Waals surface area contributed by atoms with Crippen LogP contribution in [0.5, 0.6) is 0 Å². The Hall–Kier alpha value is -15.4. The predicted octanol–water partition coefficient (Wildman–Crippen LogP) is 37.5. The number of rotatable bonds is 3. The number of benzene rings is 24. The highest BCUT2D eigenvalue weighted by Gasteiger charge is 2.21. The highest BCUT2D eigenvalue weighted by atomic mass is 127. The van der Waals surface area contributed by atoms with Crippen LogP contribution in [0.3, 0.4) is 0 Å². The van der Waals surface area contributed by atoms with E-state index in [-0.39, 0.29) is 5.82 Å². The molecule has 24 aromatic carbocycles. The van der Waals surface area contributed by atoms with E-state index in [1.807, 2.05) is 24.3 Å². The van der Waals surface area contributed by atoms with E-state index in [0.717, 1.165) is 33.1 Å². The minimum Gasteiger partial charge on any atom is -0.343 e. The summed E-state index contributed by atoms with van der Waals surface area (Å²) in [6.07, 6.45) is 3.42. The van der Waals surface area contributed by atoms with Crippen molar-refractivity contribution in [2.24, 2.45) is 42.3 Å². The maximum absolute atomic E-state index is 13.5. The number of fused-ring (bicyclic) bond motifs is 42. The van der Waals surface area contributed by atoms with Crippen LogP contribution >= 0.6 is 50.1 Å². The van der Waals surface area contributed by atoms with Gasteiger partial charge in [0.15, 0.2) is 0 Å². The van der Waals surface area contributed by atoms with Crippen molar-refractivity contribution in [2.75, 3.05) is 0 Å². The van der Waals surface area contributed by atoms with E-state index in [0.29, 0.717) is 0 Å². The molecule has 0 saturated heterocycles. The van der Waals surface area contributed by atoms with Crippen LogP contribution in [-0.2, 0) is 55.1 Å². The Kier molecular flexibility index (Phi) is 21.6. The predicted molar refractivity (Wildman–Crippen MR) is 621 cm³/mol. The van der Waals surface area contributed by atoms with Gasteiger partial charge in [-0.05, 0) is 228 Å². The van der Waals surface area contributed by atoms with E-state index in [1.54, 1.807) is 6.07 Å². The fourth-order valence-electron chi connectivity index (χ4n) is 23.6. The average molecular weight is 2020 g/mol. The summed E-state index contributed by atoms with van der Waals surface area (Å²) >= 11 is 12.1. The summed E-state index contributed by atoms with van der Waals surface area (Å²) in [5.74, 6) is -0.192. The van der Waals surface area contributed by atoms with Gasteiger partial charge < -0.3 is 27.4 Å². The molecule has 6 nitrogen and oxygen atoms in total. The first-order valence-corrected chi connectivity index (χ1v) is 50.8. The number of para-hydroxylation sites is 6. The Balaban J connectivity index is 0.0000000891. The van der Waals surface area contributed by atoms with Gasteiger partial charge in [-0.2, -0.15) is 0 Å². The zero-order valence-corrected chi connectivity index (χ0v) is 83.9. The Morgan fingerprint density at radius 2 is 0.447 bits per heavy atom. The molecule has 0 aliphatic rings. The minimum absolute atomic E-state index is 0.192. The number of nitrogens with zero attached hydrogens (tertiary/aromatic N) is 6. The molecule has 141 heavy (non-hydrogen) atoms. The molecule has 0 aliphatic heterocycles. The highest BCUT2D eigenvalue weighted by molar-refractivity contribution is 14.1. The molecule has 0 N–H and O–H groups in total. The third-order valence-electron chi connectivity index (χ3n) is 30.2. The molecule has 0 bridgehead atoms. The van der Waals surface area contributed by atoms with Crippen LogP contribution in [0.1, 0.15) is 31.4 Å². The van der Waals surface area contributed by atoms with E-state index in [4.69, 9.17) is 11.6 Å². The molecule has 10 heteroatoms. The molecule has 30 rings (SSSR count). The number of aromatic nitrogens is 6. The Bertz CT molecular complexity index is 9720. The summed E-state index contributed by atoms with van der Waals surface area (Å²) in [4.78, 5) is 0. The topological polar surface area (TPSA) is 29.6 Å². The van der Waals surface area contributed by atoms with Gasteiger partial charge in [-0.15, -0.1) is 0 Å². The van der Waals surface area contributed by atoms with Crippen molar-refractivity contribution in [1.29, 1.82) is 0 Å². The van der Waals surface area contributed by atoms with Gasteiger partial charge in [-0.3, -0.25) is 0 Å². The van der Waals surface area contributed by atoms with Gasteiger partial charge in [0.25, 0.3) is 0 Å². The smallest absolute Gasteiger partial charge is 0.123 e. The quantitative estimate of drug-likeness (QED) is 0.125. The summed E-state index contributed by atoms with van der Waals surface area (Å²) < 4.78 is 29.8. The van der Waals surface area contributed by atoms with Crippen molar-refractivity contribution < 1.29 is 4.39 Å². The molecule has 0 spiro atoms. The summed E-state index contributed by atoms with van der Waals surface area (Å²) in [7, 11) is 12.9. The second kappa shape index (κ2) is 34.9. The average Bonchev–Trinajstić information content (AvgIpc) is 1.62. The van der Waals surface area contributed by atoms with E-state index in [1.165, 1.54) is 277 Å². The van der Waals surface area contributed by atoms with Crippen LogP contribution in [0.4, 0.5) is 4.39 Å². The van der Waals surface area contributed by atoms with Crippen molar-refractivity contribution in [3.63, 3.8) is 0 Å². The van der Waals surface area contributed by atoms with Crippen LogP contribution in [0.2, 0.25) is 5.02 Å². The number of hydrogen-bond donors (Lipinski definition) is 0. The summed E-state index contributed by atoms with van der Waals surface area (Å²) in [5, 5.41) is 47.2. The van der Waals surface area contributed by atoms with Gasteiger partial charge in [0.1, 0.15) is 5.82 Å². The molecular weight excluding hydrogens is 1920 g/mol. The molecule has 678 valence electrons. The first-order valence-electron chi connectivity index (χ1n) is 48.6. The van der Waals surface area contributed by atoms with Crippen molar-refractivity contribution in [3.05, 3.63) is 430 Å². The van der Waals surface area contributed by atoms with E-state index < -0.39 is 0 Å². The minimum atomic E-state index is -0.192. The molecule has 30 aromatic rings. The number of halogens is 4. The van der Waals surface area contributed by atoms with Crippen LogP contribution in [0, 0.1) is 9.39 Å². The lowest BCUT2D eigenvalue weighted by molar-refractivity contribution is 0.630. The number of hydrogen-bond acceptors (Lipinski definition) is 0. The lowest BCUT2D eigenvalue weighted by atomic mass is 9.97. The van der Waals surface area contributed by atoms with Gasteiger partial charge in [-0.25, -0.2) is 4.39 Å². The lowest BCUT2D eigenvalue weighted by Gasteiger charge is -2.09. The van der Waals surface area contributed by atoms with E-state index >= 15 is 0 Å². The van der Waals surface area contributed by atoms with E-state index in [2.05, 4.69) is 486 Å². The zero-order chi connectivity index (χ0) is 95.4. The van der Waals surface area contributed by atoms with Crippen LogP contribution in [0.25, 0.3) is 260 Å². The van der Waals surface area contributed by atoms with Crippen LogP contribution < -0.4 is 0 Å². The summed E-state index contributed by atoms with van der Waals surface area (Å²) in [5.41, 5.74) is 18.3.